The maximum Gasteiger partial charge on any atom is 0.302 e. The Hall–Kier alpha value is -1.10. The quantitative estimate of drug-likeness (QED) is 0.389. The van der Waals surface area contributed by atoms with E-state index in [0.717, 1.165) is 19.4 Å². The van der Waals surface area contributed by atoms with Crippen molar-refractivity contribution < 1.29 is 36.2 Å². The highest BCUT2D eigenvalue weighted by atomic mass is 79.9. The van der Waals surface area contributed by atoms with Gasteiger partial charge < -0.3 is 26.8 Å². The smallest absolute Gasteiger partial charge is 0.302 e. The van der Waals surface area contributed by atoms with Crippen molar-refractivity contribution in [2.45, 2.75) is 26.3 Å². The molecule has 0 aliphatic rings. The highest BCUT2D eigenvalue weighted by Gasteiger charge is 2.01. The standard InChI is InChI=1S/C11H15NO3.BrH/c1-10(13)15-8-3-2-6-12-7-4-5-11(14)9-12;/h4-5,7,9H,2-3,6,8H2,1H3;1H. The van der Waals surface area contributed by atoms with E-state index in [1.165, 1.54) is 6.92 Å². The monoisotopic (exact) mass is 289 g/mol. The lowest BCUT2D eigenvalue weighted by molar-refractivity contribution is -0.697. The second kappa shape index (κ2) is 8.10. The van der Waals surface area contributed by atoms with Gasteiger partial charge in [-0.1, -0.05) is 0 Å². The molecule has 0 amide bonds. The third-order valence-electron chi connectivity index (χ3n) is 1.96. The normalized spacial score (nSPS) is 9.31. The van der Waals surface area contributed by atoms with Gasteiger partial charge in [-0.05, 0) is 12.5 Å². The zero-order valence-electron chi connectivity index (χ0n) is 9.23. The maximum atomic E-state index is 10.5. The summed E-state index contributed by atoms with van der Waals surface area (Å²) in [5.74, 6) is 0.0255. The van der Waals surface area contributed by atoms with Gasteiger partial charge >= 0.3 is 5.97 Å². The van der Waals surface area contributed by atoms with E-state index < -0.39 is 0 Å². The lowest BCUT2D eigenvalue weighted by Crippen LogP contribution is -3.00. The first kappa shape index (κ1) is 14.9. The van der Waals surface area contributed by atoms with Gasteiger partial charge in [0, 0.05) is 19.4 Å². The molecule has 1 aromatic heterocycles. The highest BCUT2D eigenvalue weighted by molar-refractivity contribution is 5.65. The van der Waals surface area contributed by atoms with Crippen LogP contribution in [0.2, 0.25) is 0 Å². The molecule has 0 fully saturated rings. The van der Waals surface area contributed by atoms with E-state index in [0.29, 0.717) is 6.61 Å². The minimum Gasteiger partial charge on any atom is -1.00 e. The van der Waals surface area contributed by atoms with E-state index >= 15 is 0 Å². The summed E-state index contributed by atoms with van der Waals surface area (Å²) in [6.45, 7) is 2.69. The number of ether oxygens (including phenoxy) is 1. The van der Waals surface area contributed by atoms with Crippen molar-refractivity contribution in [3.63, 3.8) is 0 Å². The molecule has 0 bridgehead atoms. The molecule has 0 spiro atoms. The number of aromatic hydroxyl groups is 1. The topological polar surface area (TPSA) is 50.4 Å². The van der Waals surface area contributed by atoms with Gasteiger partial charge in [0.1, 0.15) is 6.54 Å². The molecule has 0 unspecified atom stereocenters. The van der Waals surface area contributed by atoms with Gasteiger partial charge in [-0.3, -0.25) is 4.79 Å². The molecule has 0 aliphatic carbocycles. The molecule has 1 heterocycles. The average molecular weight is 290 g/mol. The van der Waals surface area contributed by atoms with Crippen molar-refractivity contribution in [3.8, 4) is 5.75 Å². The fraction of sp³-hybridized carbons (Fsp3) is 0.455. The number of aromatic nitrogens is 1. The van der Waals surface area contributed by atoms with Gasteiger partial charge in [0.25, 0.3) is 0 Å². The van der Waals surface area contributed by atoms with Crippen LogP contribution >= 0.6 is 0 Å². The third kappa shape index (κ3) is 6.40. The Morgan fingerprint density at radius 2 is 2.25 bits per heavy atom. The van der Waals surface area contributed by atoms with Crippen LogP contribution in [-0.4, -0.2) is 17.7 Å². The van der Waals surface area contributed by atoms with Crippen LogP contribution in [-0.2, 0) is 16.1 Å². The summed E-state index contributed by atoms with van der Waals surface area (Å²) in [7, 11) is 0. The van der Waals surface area contributed by atoms with Crippen molar-refractivity contribution in [3.05, 3.63) is 24.5 Å². The number of aryl methyl sites for hydroxylation is 1. The number of hydrogen-bond acceptors (Lipinski definition) is 3. The molecule has 16 heavy (non-hydrogen) atoms. The second-order valence-electron chi connectivity index (χ2n) is 3.35. The maximum absolute atomic E-state index is 10.5. The minimum absolute atomic E-state index is 0. The summed E-state index contributed by atoms with van der Waals surface area (Å²) in [4.78, 5) is 10.5. The highest BCUT2D eigenvalue weighted by Crippen LogP contribution is 2.00. The molecular formula is C11H16BrNO3. The van der Waals surface area contributed by atoms with Crippen molar-refractivity contribution in [1.29, 1.82) is 0 Å². The lowest BCUT2D eigenvalue weighted by atomic mass is 10.3. The first-order chi connectivity index (χ1) is 7.18. The third-order valence-corrected chi connectivity index (χ3v) is 1.96. The molecule has 1 rings (SSSR count). The average Bonchev–Trinajstić information content (AvgIpc) is 2.17. The van der Waals surface area contributed by atoms with Crippen LogP contribution in [0.25, 0.3) is 0 Å². The van der Waals surface area contributed by atoms with Crippen LogP contribution < -0.4 is 21.5 Å². The van der Waals surface area contributed by atoms with Crippen LogP contribution in [0.5, 0.6) is 5.75 Å². The number of carbonyl (C=O) groups is 1. The van der Waals surface area contributed by atoms with Gasteiger partial charge in [-0.25, -0.2) is 4.57 Å². The largest absolute Gasteiger partial charge is 1.00 e. The Balaban J connectivity index is 0.00000225. The molecule has 5 heteroatoms. The van der Waals surface area contributed by atoms with E-state index in [1.807, 2.05) is 10.8 Å². The zero-order chi connectivity index (χ0) is 11.1. The van der Waals surface area contributed by atoms with Gasteiger partial charge in [0.05, 0.1) is 6.61 Å². The number of hydrogen-bond donors (Lipinski definition) is 1. The molecular weight excluding hydrogens is 274 g/mol. The summed E-state index contributed by atoms with van der Waals surface area (Å²) in [5, 5.41) is 9.20. The van der Waals surface area contributed by atoms with Crippen molar-refractivity contribution in [2.24, 2.45) is 0 Å². The molecule has 1 aromatic rings. The SMILES string of the molecule is CC(=O)OCCCC[n+]1cccc(O)c1.[Br-]. The Morgan fingerprint density at radius 3 is 2.88 bits per heavy atom. The first-order valence-corrected chi connectivity index (χ1v) is 5.00. The van der Waals surface area contributed by atoms with Crippen molar-refractivity contribution >= 4 is 5.97 Å². The van der Waals surface area contributed by atoms with Crippen LogP contribution in [0.4, 0.5) is 0 Å². The summed E-state index contributed by atoms with van der Waals surface area (Å²) < 4.78 is 6.71. The van der Waals surface area contributed by atoms with Crippen molar-refractivity contribution in [1.82, 2.24) is 0 Å². The predicted molar refractivity (Wildman–Crippen MR) is 54.2 cm³/mol. The van der Waals surface area contributed by atoms with E-state index in [1.54, 1.807) is 18.3 Å². The predicted octanol–water partition coefficient (Wildman–Crippen LogP) is -1.97. The molecule has 4 nitrogen and oxygen atoms in total. The van der Waals surface area contributed by atoms with Gasteiger partial charge in [0.2, 0.25) is 6.20 Å². The molecule has 1 N–H and O–H groups in total. The summed E-state index contributed by atoms with van der Waals surface area (Å²) in [6, 6.07) is 3.43. The first-order valence-electron chi connectivity index (χ1n) is 5.00. The van der Waals surface area contributed by atoms with Crippen LogP contribution in [0.15, 0.2) is 24.5 Å². The molecule has 90 valence electrons. The minimum atomic E-state index is -0.236. The number of esters is 1. The van der Waals surface area contributed by atoms with Gasteiger partial charge in [0.15, 0.2) is 11.9 Å². The molecule has 0 saturated carbocycles. The number of rotatable bonds is 5. The number of nitrogens with zero attached hydrogens (tertiary/aromatic N) is 1. The number of pyridine rings is 1. The van der Waals surface area contributed by atoms with E-state index in [4.69, 9.17) is 4.74 Å². The Kier molecular flexibility index (Phi) is 7.54. The van der Waals surface area contributed by atoms with Crippen LogP contribution in [0, 0.1) is 0 Å². The molecule has 0 aliphatic heterocycles. The van der Waals surface area contributed by atoms with Crippen molar-refractivity contribution in [2.75, 3.05) is 6.61 Å². The van der Waals surface area contributed by atoms with E-state index in [9.17, 15) is 9.90 Å². The van der Waals surface area contributed by atoms with Crippen LogP contribution in [0.3, 0.4) is 0 Å². The Bertz CT molecular complexity index is 331. The molecule has 0 radical (unpaired) electrons. The summed E-state index contributed by atoms with van der Waals surface area (Å²) in [6.07, 6.45) is 5.32. The Labute approximate surface area is 106 Å². The number of halogens is 1. The molecule has 0 atom stereocenters. The zero-order valence-corrected chi connectivity index (χ0v) is 10.8. The number of unbranched alkanes of at least 4 members (excludes halogenated alkanes) is 1. The van der Waals surface area contributed by atoms with Gasteiger partial charge in [-0.15, -0.1) is 0 Å². The second-order valence-corrected chi connectivity index (χ2v) is 3.35. The fourth-order valence-corrected chi connectivity index (χ4v) is 1.26. The number of carbonyl (C=O) groups excluding carboxylic acids is 1. The summed E-state index contributed by atoms with van der Waals surface area (Å²) in [5.41, 5.74) is 0. The van der Waals surface area contributed by atoms with Gasteiger partial charge in [-0.2, -0.15) is 0 Å². The van der Waals surface area contributed by atoms with Crippen LogP contribution in [0.1, 0.15) is 19.8 Å². The fourth-order valence-electron chi connectivity index (χ4n) is 1.26. The van der Waals surface area contributed by atoms with E-state index in [2.05, 4.69) is 0 Å². The molecule has 0 aromatic carbocycles. The summed E-state index contributed by atoms with van der Waals surface area (Å²) >= 11 is 0. The Morgan fingerprint density at radius 1 is 1.50 bits per heavy atom. The van der Waals surface area contributed by atoms with E-state index in [-0.39, 0.29) is 28.7 Å². The molecule has 0 saturated heterocycles. The lowest BCUT2D eigenvalue weighted by Gasteiger charge is -2.00.